The average Bonchev–Trinajstić information content (AvgIpc) is 2.97. The summed E-state index contributed by atoms with van der Waals surface area (Å²) < 4.78 is 23.9. The Hall–Kier alpha value is -3.75. The first-order chi connectivity index (χ1) is 20.8. The molecular weight excluding hydrogens is 572 g/mol. The third-order valence-corrected chi connectivity index (χ3v) is 12.7. The molecule has 44 heavy (non-hydrogen) atoms. The molecule has 1 unspecified atom stereocenters. The van der Waals surface area contributed by atoms with Gasteiger partial charge in [-0.2, -0.15) is 0 Å². The SMILES string of the molecule is C=CCOC(=O)C=CCC1C[C@@H](O[Si](C)(C)C(C)(C)C)[C@@H](C)CC=CCc2cccc(OC(=O)c3ccccc3)c2C(=O)O1. The number of rotatable bonds is 9. The van der Waals surface area contributed by atoms with Crippen LogP contribution in [0.2, 0.25) is 18.1 Å². The first-order valence-electron chi connectivity index (χ1n) is 15.2. The fraction of sp³-hybridized carbons (Fsp3) is 0.417. The number of esters is 3. The Morgan fingerprint density at radius 3 is 2.48 bits per heavy atom. The molecule has 0 fully saturated rings. The Bertz CT molecular complexity index is 1350. The number of ether oxygens (including phenoxy) is 3. The second-order valence-electron chi connectivity index (χ2n) is 12.7. The summed E-state index contributed by atoms with van der Waals surface area (Å²) in [6.07, 6.45) is 9.79. The quantitative estimate of drug-likeness (QED) is 0.0924. The van der Waals surface area contributed by atoms with E-state index >= 15 is 0 Å². The smallest absolute Gasteiger partial charge is 0.343 e. The predicted octanol–water partition coefficient (Wildman–Crippen LogP) is 8.03. The zero-order valence-corrected chi connectivity index (χ0v) is 27.8. The maximum atomic E-state index is 13.9. The van der Waals surface area contributed by atoms with E-state index in [0.29, 0.717) is 24.0 Å². The van der Waals surface area contributed by atoms with Crippen LogP contribution in [0.4, 0.5) is 0 Å². The highest BCUT2D eigenvalue weighted by atomic mass is 28.4. The lowest BCUT2D eigenvalue weighted by atomic mass is 9.93. The molecule has 0 N–H and O–H groups in total. The molecule has 0 radical (unpaired) electrons. The van der Waals surface area contributed by atoms with Crippen molar-refractivity contribution in [3.05, 3.63) is 102 Å². The second kappa shape index (κ2) is 15.8. The fourth-order valence-electron chi connectivity index (χ4n) is 4.59. The number of carbonyl (C=O) groups is 3. The van der Waals surface area contributed by atoms with Crippen molar-refractivity contribution in [1.29, 1.82) is 0 Å². The van der Waals surface area contributed by atoms with Gasteiger partial charge in [0.05, 0.1) is 11.7 Å². The largest absolute Gasteiger partial charge is 0.458 e. The number of carbonyl (C=O) groups excluding carboxylic acids is 3. The van der Waals surface area contributed by atoms with Crippen LogP contribution in [0, 0.1) is 5.92 Å². The van der Waals surface area contributed by atoms with Gasteiger partial charge in [-0.1, -0.05) is 88.9 Å². The molecule has 3 atom stereocenters. The summed E-state index contributed by atoms with van der Waals surface area (Å²) >= 11 is 0. The molecule has 0 saturated carbocycles. The molecule has 1 heterocycles. The van der Waals surface area contributed by atoms with Crippen molar-refractivity contribution in [3.8, 4) is 5.75 Å². The van der Waals surface area contributed by atoms with Crippen LogP contribution in [0.25, 0.3) is 0 Å². The number of hydrogen-bond acceptors (Lipinski definition) is 7. The topological polar surface area (TPSA) is 88.1 Å². The van der Waals surface area contributed by atoms with Crippen LogP contribution in [0.3, 0.4) is 0 Å². The zero-order chi connectivity index (χ0) is 32.3. The van der Waals surface area contributed by atoms with Crippen LogP contribution in [0.1, 0.15) is 73.2 Å². The van der Waals surface area contributed by atoms with Crippen LogP contribution < -0.4 is 4.74 Å². The van der Waals surface area contributed by atoms with Gasteiger partial charge >= 0.3 is 17.9 Å². The van der Waals surface area contributed by atoms with Crippen molar-refractivity contribution in [2.45, 2.75) is 83.7 Å². The normalized spacial score (nSPS) is 19.7. The number of hydrogen-bond donors (Lipinski definition) is 0. The molecule has 0 spiro atoms. The summed E-state index contributed by atoms with van der Waals surface area (Å²) in [6.45, 7) is 16.8. The Balaban J connectivity index is 1.99. The van der Waals surface area contributed by atoms with E-state index in [9.17, 15) is 14.4 Å². The van der Waals surface area contributed by atoms with E-state index in [2.05, 4.69) is 53.4 Å². The van der Waals surface area contributed by atoms with Crippen LogP contribution in [0.5, 0.6) is 5.75 Å². The molecular formula is C36H46O7Si. The molecule has 1 aliphatic heterocycles. The van der Waals surface area contributed by atoms with Gasteiger partial charge in [0.25, 0.3) is 0 Å². The Labute approximate surface area is 263 Å². The van der Waals surface area contributed by atoms with Crippen LogP contribution in [0.15, 0.2) is 85.5 Å². The Morgan fingerprint density at radius 2 is 1.80 bits per heavy atom. The van der Waals surface area contributed by atoms with Crippen molar-refractivity contribution in [2.24, 2.45) is 5.92 Å². The maximum absolute atomic E-state index is 13.9. The van der Waals surface area contributed by atoms with Crippen LogP contribution in [-0.2, 0) is 25.1 Å². The van der Waals surface area contributed by atoms with Crippen molar-refractivity contribution in [2.75, 3.05) is 6.61 Å². The highest BCUT2D eigenvalue weighted by Gasteiger charge is 2.41. The fourth-order valence-corrected chi connectivity index (χ4v) is 6.03. The molecule has 236 valence electrons. The van der Waals surface area contributed by atoms with Crippen molar-refractivity contribution >= 4 is 26.2 Å². The van der Waals surface area contributed by atoms with Gasteiger partial charge in [0, 0.05) is 18.9 Å². The summed E-state index contributed by atoms with van der Waals surface area (Å²) in [4.78, 5) is 39.0. The number of cyclic esters (lactones) is 1. The predicted molar refractivity (Wildman–Crippen MR) is 175 cm³/mol. The monoisotopic (exact) mass is 618 g/mol. The number of allylic oxidation sites excluding steroid dienone is 2. The minimum Gasteiger partial charge on any atom is -0.458 e. The summed E-state index contributed by atoms with van der Waals surface area (Å²) in [7, 11) is -2.18. The first kappa shape index (κ1) is 34.7. The molecule has 1 aliphatic rings. The average molecular weight is 619 g/mol. The Morgan fingerprint density at radius 1 is 1.07 bits per heavy atom. The van der Waals surface area contributed by atoms with E-state index < -0.39 is 32.3 Å². The molecule has 3 rings (SSSR count). The third kappa shape index (κ3) is 9.89. The van der Waals surface area contributed by atoms with Crippen LogP contribution in [-0.4, -0.2) is 45.0 Å². The molecule has 0 amide bonds. The minimum absolute atomic E-state index is 0.0102. The lowest BCUT2D eigenvalue weighted by Crippen LogP contribution is -2.46. The molecule has 0 aliphatic carbocycles. The minimum atomic E-state index is -2.18. The second-order valence-corrected chi connectivity index (χ2v) is 17.4. The van der Waals surface area contributed by atoms with Gasteiger partial charge in [0.2, 0.25) is 0 Å². The molecule has 0 saturated heterocycles. The standard InChI is InChI=1S/C36H46O7Si/c1-8-24-40-32(37)23-15-21-29-25-31(43-44(6,7)36(3,4)5)26(2)16-12-13-17-27-20-14-22-30(33(27)35(39)41-29)42-34(38)28-18-10-9-11-19-28/h8-15,18-20,22-23,26,29,31H,1,16-17,21,24-25H2,2-7H3/t26-,29?,31+/m0/s1. The lowest BCUT2D eigenvalue weighted by Gasteiger charge is -2.41. The van der Waals surface area contributed by atoms with Crippen molar-refractivity contribution in [3.63, 3.8) is 0 Å². The molecule has 2 aromatic rings. The van der Waals surface area contributed by atoms with E-state index in [1.54, 1.807) is 42.5 Å². The highest BCUT2D eigenvalue weighted by molar-refractivity contribution is 6.74. The molecule has 0 aromatic heterocycles. The van der Waals surface area contributed by atoms with Gasteiger partial charge in [0.1, 0.15) is 24.0 Å². The summed E-state index contributed by atoms with van der Waals surface area (Å²) in [5.74, 6) is -1.38. The maximum Gasteiger partial charge on any atom is 0.343 e. The van der Waals surface area contributed by atoms with Gasteiger partial charge in [-0.25, -0.2) is 14.4 Å². The molecule has 7 nitrogen and oxygen atoms in total. The lowest BCUT2D eigenvalue weighted by molar-refractivity contribution is -0.136. The summed E-state index contributed by atoms with van der Waals surface area (Å²) in [5.41, 5.74) is 1.27. The molecule has 0 bridgehead atoms. The molecule has 8 heteroatoms. The van der Waals surface area contributed by atoms with E-state index in [0.717, 1.165) is 6.42 Å². The van der Waals surface area contributed by atoms with E-state index in [1.165, 1.54) is 12.2 Å². The van der Waals surface area contributed by atoms with Crippen molar-refractivity contribution < 1.29 is 33.0 Å². The summed E-state index contributed by atoms with van der Waals surface area (Å²) in [6, 6.07) is 13.8. The third-order valence-electron chi connectivity index (χ3n) is 8.19. The van der Waals surface area contributed by atoms with Gasteiger partial charge in [0.15, 0.2) is 8.32 Å². The molecule has 2 aromatic carbocycles. The van der Waals surface area contributed by atoms with E-state index in [-0.39, 0.29) is 41.4 Å². The number of benzene rings is 2. The van der Waals surface area contributed by atoms with Crippen molar-refractivity contribution in [1.82, 2.24) is 0 Å². The summed E-state index contributed by atoms with van der Waals surface area (Å²) in [5, 5.41) is -0.0102. The van der Waals surface area contributed by atoms with Gasteiger partial charge in [-0.05, 0) is 60.7 Å². The van der Waals surface area contributed by atoms with E-state index in [4.69, 9.17) is 18.6 Å². The highest BCUT2D eigenvalue weighted by Crippen LogP contribution is 2.39. The van der Waals surface area contributed by atoms with Gasteiger partial charge < -0.3 is 18.6 Å². The number of fused-ring (bicyclic) bond motifs is 1. The first-order valence-corrected chi connectivity index (χ1v) is 18.1. The Kier molecular flexibility index (Phi) is 12.5. The van der Waals surface area contributed by atoms with Gasteiger partial charge in [-0.3, -0.25) is 0 Å². The van der Waals surface area contributed by atoms with Crippen LogP contribution >= 0.6 is 0 Å². The van der Waals surface area contributed by atoms with Gasteiger partial charge in [-0.15, -0.1) is 0 Å². The zero-order valence-electron chi connectivity index (χ0n) is 26.8. The van der Waals surface area contributed by atoms with E-state index in [1.807, 2.05) is 18.2 Å².